The molecule has 0 saturated heterocycles. The van der Waals surface area contributed by atoms with E-state index in [0.29, 0.717) is 16.3 Å². The van der Waals surface area contributed by atoms with Gasteiger partial charge in [0.25, 0.3) is 5.91 Å². The molecule has 1 unspecified atom stereocenters. The summed E-state index contributed by atoms with van der Waals surface area (Å²) >= 11 is 6.11. The van der Waals surface area contributed by atoms with E-state index in [1.54, 1.807) is 13.0 Å². The Hall–Kier alpha value is -1.74. The summed E-state index contributed by atoms with van der Waals surface area (Å²) in [4.78, 5) is 12.2. The Bertz CT molecular complexity index is 604. The lowest BCUT2D eigenvalue weighted by Crippen LogP contribution is -2.27. The van der Waals surface area contributed by atoms with Crippen molar-refractivity contribution >= 4 is 17.5 Å². The van der Waals surface area contributed by atoms with Gasteiger partial charge in [0.2, 0.25) is 0 Å². The number of nitrogens with one attached hydrogen (secondary N) is 1. The van der Waals surface area contributed by atoms with E-state index >= 15 is 0 Å². The van der Waals surface area contributed by atoms with Crippen molar-refractivity contribution in [2.45, 2.75) is 26.8 Å². The third-order valence-corrected chi connectivity index (χ3v) is 3.35. The van der Waals surface area contributed by atoms with Gasteiger partial charge in [-0.3, -0.25) is 4.79 Å². The van der Waals surface area contributed by atoms with E-state index in [2.05, 4.69) is 5.32 Å². The molecular weight excluding hydrogens is 262 g/mol. The molecule has 0 aliphatic heterocycles. The molecule has 0 radical (unpaired) electrons. The standard InChI is InChI=1S/C15H16ClNO2/c1-9-8-13(11(3)19-9)15(18)17-10(2)12-6-4-5-7-14(12)16/h4-8,10H,1-3H3,(H,17,18). The van der Waals surface area contributed by atoms with Gasteiger partial charge in [-0.15, -0.1) is 0 Å². The molecule has 1 heterocycles. The number of carbonyl (C=O) groups is 1. The number of hydrogen-bond donors (Lipinski definition) is 1. The Morgan fingerprint density at radius 3 is 2.58 bits per heavy atom. The van der Waals surface area contributed by atoms with Crippen molar-refractivity contribution in [2.24, 2.45) is 0 Å². The molecular formula is C15H16ClNO2. The largest absolute Gasteiger partial charge is 0.466 e. The van der Waals surface area contributed by atoms with E-state index in [0.717, 1.165) is 11.3 Å². The van der Waals surface area contributed by atoms with Crippen LogP contribution in [-0.2, 0) is 0 Å². The molecule has 2 rings (SSSR count). The van der Waals surface area contributed by atoms with Gasteiger partial charge < -0.3 is 9.73 Å². The molecule has 1 amide bonds. The minimum atomic E-state index is -0.157. The maximum absolute atomic E-state index is 12.2. The zero-order valence-corrected chi connectivity index (χ0v) is 11.9. The van der Waals surface area contributed by atoms with Gasteiger partial charge in [0.05, 0.1) is 11.6 Å². The van der Waals surface area contributed by atoms with Crippen molar-refractivity contribution < 1.29 is 9.21 Å². The SMILES string of the molecule is Cc1cc(C(=O)NC(C)c2ccccc2Cl)c(C)o1. The Kier molecular flexibility index (Phi) is 3.96. The Labute approximate surface area is 117 Å². The molecule has 4 heteroatoms. The van der Waals surface area contributed by atoms with E-state index in [9.17, 15) is 4.79 Å². The number of rotatable bonds is 3. The number of benzene rings is 1. The van der Waals surface area contributed by atoms with Gasteiger partial charge >= 0.3 is 0 Å². The summed E-state index contributed by atoms with van der Waals surface area (Å²) in [5.74, 6) is 1.20. The molecule has 0 bridgehead atoms. The van der Waals surface area contributed by atoms with Crippen LogP contribution in [0.5, 0.6) is 0 Å². The Morgan fingerprint density at radius 1 is 1.32 bits per heavy atom. The normalized spacial score (nSPS) is 12.2. The third-order valence-electron chi connectivity index (χ3n) is 3.00. The van der Waals surface area contributed by atoms with E-state index in [1.165, 1.54) is 0 Å². The van der Waals surface area contributed by atoms with E-state index in [1.807, 2.05) is 38.1 Å². The van der Waals surface area contributed by atoms with Crippen LogP contribution in [-0.4, -0.2) is 5.91 Å². The van der Waals surface area contributed by atoms with Crippen LogP contribution < -0.4 is 5.32 Å². The first-order valence-electron chi connectivity index (χ1n) is 6.11. The quantitative estimate of drug-likeness (QED) is 0.920. The zero-order valence-electron chi connectivity index (χ0n) is 11.2. The molecule has 19 heavy (non-hydrogen) atoms. The van der Waals surface area contributed by atoms with Gasteiger partial charge in [-0.05, 0) is 38.5 Å². The van der Waals surface area contributed by atoms with Crippen molar-refractivity contribution in [1.29, 1.82) is 0 Å². The number of halogens is 1. The fourth-order valence-electron chi connectivity index (χ4n) is 2.03. The summed E-state index contributed by atoms with van der Waals surface area (Å²) in [6.07, 6.45) is 0. The molecule has 0 spiro atoms. The summed E-state index contributed by atoms with van der Waals surface area (Å²) in [5.41, 5.74) is 1.46. The van der Waals surface area contributed by atoms with E-state index in [4.69, 9.17) is 16.0 Å². The fraction of sp³-hybridized carbons (Fsp3) is 0.267. The predicted molar refractivity (Wildman–Crippen MR) is 75.5 cm³/mol. The first-order chi connectivity index (χ1) is 8.99. The molecule has 1 atom stereocenters. The van der Waals surface area contributed by atoms with Gasteiger partial charge in [0.1, 0.15) is 11.5 Å². The lowest BCUT2D eigenvalue weighted by molar-refractivity contribution is 0.0938. The molecule has 0 aliphatic carbocycles. The molecule has 2 aromatic rings. The second-order valence-corrected chi connectivity index (χ2v) is 4.95. The van der Waals surface area contributed by atoms with Crippen LogP contribution in [0.25, 0.3) is 0 Å². The highest BCUT2D eigenvalue weighted by Crippen LogP contribution is 2.23. The van der Waals surface area contributed by atoms with Gasteiger partial charge in [-0.2, -0.15) is 0 Å². The summed E-state index contributed by atoms with van der Waals surface area (Å²) in [6, 6.07) is 9.06. The van der Waals surface area contributed by atoms with Crippen molar-refractivity contribution in [2.75, 3.05) is 0 Å². The minimum absolute atomic E-state index is 0.151. The number of furan rings is 1. The van der Waals surface area contributed by atoms with Crippen LogP contribution in [0.1, 0.15) is 40.4 Å². The molecule has 0 aliphatic rings. The van der Waals surface area contributed by atoms with Gasteiger partial charge in [0, 0.05) is 5.02 Å². The van der Waals surface area contributed by atoms with Crippen LogP contribution in [0.2, 0.25) is 5.02 Å². The summed E-state index contributed by atoms with van der Waals surface area (Å²) < 4.78 is 5.36. The van der Waals surface area contributed by atoms with Crippen LogP contribution in [0.4, 0.5) is 0 Å². The molecule has 1 N–H and O–H groups in total. The topological polar surface area (TPSA) is 42.2 Å². The number of amides is 1. The smallest absolute Gasteiger partial charge is 0.255 e. The van der Waals surface area contributed by atoms with E-state index in [-0.39, 0.29) is 11.9 Å². The van der Waals surface area contributed by atoms with Crippen LogP contribution in [0.3, 0.4) is 0 Å². The zero-order chi connectivity index (χ0) is 14.0. The molecule has 100 valence electrons. The highest BCUT2D eigenvalue weighted by atomic mass is 35.5. The average Bonchev–Trinajstić information content (AvgIpc) is 2.69. The lowest BCUT2D eigenvalue weighted by Gasteiger charge is -2.15. The second-order valence-electron chi connectivity index (χ2n) is 4.54. The third kappa shape index (κ3) is 2.99. The van der Waals surface area contributed by atoms with Crippen LogP contribution in [0.15, 0.2) is 34.7 Å². The maximum atomic E-state index is 12.2. The Balaban J connectivity index is 2.15. The summed E-state index contributed by atoms with van der Waals surface area (Å²) in [7, 11) is 0. The second kappa shape index (κ2) is 5.49. The van der Waals surface area contributed by atoms with Crippen molar-refractivity contribution in [3.63, 3.8) is 0 Å². The average molecular weight is 278 g/mol. The minimum Gasteiger partial charge on any atom is -0.466 e. The van der Waals surface area contributed by atoms with Crippen molar-refractivity contribution in [3.8, 4) is 0 Å². The van der Waals surface area contributed by atoms with Gasteiger partial charge in [-0.25, -0.2) is 0 Å². The maximum Gasteiger partial charge on any atom is 0.255 e. The molecule has 1 aromatic carbocycles. The van der Waals surface area contributed by atoms with Crippen LogP contribution >= 0.6 is 11.6 Å². The molecule has 0 saturated carbocycles. The summed E-state index contributed by atoms with van der Waals surface area (Å²) in [5, 5.41) is 3.57. The monoisotopic (exact) mass is 277 g/mol. The summed E-state index contributed by atoms with van der Waals surface area (Å²) in [6.45, 7) is 5.50. The fourth-order valence-corrected chi connectivity index (χ4v) is 2.33. The molecule has 1 aromatic heterocycles. The predicted octanol–water partition coefficient (Wildman–Crippen LogP) is 4.04. The van der Waals surface area contributed by atoms with Crippen molar-refractivity contribution in [3.05, 3.63) is 58.0 Å². The van der Waals surface area contributed by atoms with Crippen molar-refractivity contribution in [1.82, 2.24) is 5.32 Å². The molecule has 3 nitrogen and oxygen atoms in total. The number of carbonyl (C=O) groups excluding carboxylic acids is 1. The van der Waals surface area contributed by atoms with Crippen LogP contribution in [0, 0.1) is 13.8 Å². The van der Waals surface area contributed by atoms with Gasteiger partial charge in [-0.1, -0.05) is 29.8 Å². The highest BCUT2D eigenvalue weighted by molar-refractivity contribution is 6.31. The molecule has 0 fully saturated rings. The lowest BCUT2D eigenvalue weighted by atomic mass is 10.1. The van der Waals surface area contributed by atoms with E-state index < -0.39 is 0 Å². The number of aryl methyl sites for hydroxylation is 2. The Morgan fingerprint density at radius 2 is 2.00 bits per heavy atom. The first-order valence-corrected chi connectivity index (χ1v) is 6.49. The highest BCUT2D eigenvalue weighted by Gasteiger charge is 2.17. The number of hydrogen-bond acceptors (Lipinski definition) is 2. The van der Waals surface area contributed by atoms with Gasteiger partial charge in [0.15, 0.2) is 0 Å². The first kappa shape index (κ1) is 13.7.